The van der Waals surface area contributed by atoms with Crippen molar-refractivity contribution in [2.24, 2.45) is 0 Å². The molecule has 4 aromatic heterocycles. The highest BCUT2D eigenvalue weighted by molar-refractivity contribution is 8.44. The van der Waals surface area contributed by atoms with Crippen LogP contribution in [0.15, 0.2) is 12.7 Å². The maximum Gasteiger partial charge on any atom is 0.386 e. The average molecular weight is 782 g/mol. The van der Waals surface area contributed by atoms with E-state index in [9.17, 15) is 18.7 Å². The molecule has 274 valence electrons. The lowest BCUT2D eigenvalue weighted by atomic mass is 10.1. The highest BCUT2D eigenvalue weighted by Crippen LogP contribution is 2.58. The van der Waals surface area contributed by atoms with Crippen molar-refractivity contribution in [3.63, 3.8) is 0 Å². The van der Waals surface area contributed by atoms with Crippen LogP contribution in [0, 0.1) is 0 Å². The molecule has 9 heterocycles. The van der Waals surface area contributed by atoms with Gasteiger partial charge in [-0.2, -0.15) is 10.2 Å². The van der Waals surface area contributed by atoms with Gasteiger partial charge in [0, 0.05) is 25.7 Å². The summed E-state index contributed by atoms with van der Waals surface area (Å²) in [7, 11) is -3.07. The van der Waals surface area contributed by atoms with Gasteiger partial charge >= 0.3 is 6.80 Å². The molecule has 0 saturated carbocycles. The van der Waals surface area contributed by atoms with Crippen LogP contribution in [-0.4, -0.2) is 109 Å². The number of aryl methyl sites for hydroxylation is 2. The third-order valence-corrected chi connectivity index (χ3v) is 12.1. The van der Waals surface area contributed by atoms with Crippen molar-refractivity contribution in [2.75, 3.05) is 23.8 Å². The zero-order valence-corrected chi connectivity index (χ0v) is 29.5. The molecule has 9 rings (SSSR count). The van der Waals surface area contributed by atoms with Gasteiger partial charge in [-0.05, 0) is 0 Å². The molecule has 0 aliphatic carbocycles. The van der Waals surface area contributed by atoms with Crippen molar-refractivity contribution in [1.29, 1.82) is 0 Å². The summed E-state index contributed by atoms with van der Waals surface area (Å²) < 4.78 is 97.0. The molecule has 2 N–H and O–H groups in total. The third kappa shape index (κ3) is 5.84. The predicted octanol–water partition coefficient (Wildman–Crippen LogP) is 1.50. The lowest BCUT2D eigenvalue weighted by Crippen LogP contribution is -2.37. The highest BCUT2D eigenvalue weighted by Gasteiger charge is 2.54. The standard InChI is InChI=1S/C26H27BF2N10O10P2S/c27-50(42)44-5-11-20(18(29)26(46-11)39-24-16-10(37-39)2-4-14(41)35-22(16)31-8-33-24)49-51(43,52)45-6-12-19(48-50)17(28)25(47-12)38-23-15-9(36-38)1-3-13(40)34-21(15)30-7-32-23/h7-8,11-12,17-20,25-26H,1-6,27H2,(H,43,52)(H,30,32,34,40)(H,31,33,35,41)/t11-,12-,17?,18?,19?,20?,25-,26-,50?,51?/m1/s1. The van der Waals surface area contributed by atoms with Crippen LogP contribution in [0.4, 0.5) is 20.4 Å². The summed E-state index contributed by atoms with van der Waals surface area (Å²) in [6, 6.07) is 0. The van der Waals surface area contributed by atoms with Crippen LogP contribution in [0.1, 0.15) is 36.7 Å². The van der Waals surface area contributed by atoms with E-state index in [1.165, 1.54) is 22.0 Å². The van der Waals surface area contributed by atoms with Gasteiger partial charge in [-0.15, -0.1) is 0 Å². The first-order valence-electron chi connectivity index (χ1n) is 16.0. The maximum atomic E-state index is 16.4. The number of halogens is 2. The molecule has 6 unspecified atom stereocenters. The molecular formula is C26H27BF2N10O10P2S. The van der Waals surface area contributed by atoms with Crippen LogP contribution in [0.2, 0.25) is 0 Å². The number of amides is 2. The SMILES string of the molecule is BP1(=O)OC[C@H]2O[C@@H](n3nc4c5c(ncnc53)NC(=O)CC4)C(F)C2OP(=O)(S)OC[C@H]2O[C@@H](n3nc4c5c(ncnc53)NC(=O)CC4)C(F)C2O1. The first kappa shape index (κ1) is 34.3. The fourth-order valence-corrected chi connectivity index (χ4v) is 9.60. The van der Waals surface area contributed by atoms with E-state index < -0.39 is 76.7 Å². The number of nitrogens with one attached hydrogen (secondary N) is 2. The van der Waals surface area contributed by atoms with Crippen molar-refractivity contribution < 1.29 is 55.1 Å². The number of aromatic nitrogens is 8. The van der Waals surface area contributed by atoms with Gasteiger partial charge in [0.1, 0.15) is 48.7 Å². The molecule has 5 aliphatic rings. The summed E-state index contributed by atoms with van der Waals surface area (Å²) in [5.41, 5.74) is 1.15. The molecule has 0 bridgehead atoms. The molecule has 26 heteroatoms. The Balaban J connectivity index is 1.00. The van der Waals surface area contributed by atoms with Gasteiger partial charge in [0.25, 0.3) is 15.0 Å². The minimum absolute atomic E-state index is 0.0991. The number of fused-ring (bicyclic) bond motifs is 2. The van der Waals surface area contributed by atoms with Gasteiger partial charge in [0.15, 0.2) is 36.1 Å². The van der Waals surface area contributed by atoms with E-state index in [0.717, 1.165) is 7.57 Å². The minimum atomic E-state index is -4.46. The maximum absolute atomic E-state index is 16.4. The van der Waals surface area contributed by atoms with Gasteiger partial charge in [-0.3, -0.25) is 23.2 Å². The Morgan fingerprint density at radius 1 is 0.750 bits per heavy atom. The highest BCUT2D eigenvalue weighted by atomic mass is 32.7. The molecule has 0 radical (unpaired) electrons. The largest absolute Gasteiger partial charge is 0.386 e. The summed E-state index contributed by atoms with van der Waals surface area (Å²) in [5, 5.41) is 15.1. The average Bonchev–Trinajstić information content (AvgIpc) is 3.76. The first-order chi connectivity index (χ1) is 24.9. The van der Waals surface area contributed by atoms with Crippen molar-refractivity contribution in [3.8, 4) is 0 Å². The molecule has 0 aromatic carbocycles. The second-order valence-corrected chi connectivity index (χ2v) is 17.6. The minimum Gasteiger partial charge on any atom is -0.345 e. The fourth-order valence-electron chi connectivity index (χ4n) is 6.95. The summed E-state index contributed by atoms with van der Waals surface area (Å²) >= 11 is 4.07. The van der Waals surface area contributed by atoms with E-state index in [2.05, 4.69) is 53.0 Å². The number of carbonyl (C=O) groups excluding carboxylic acids is 2. The molecule has 20 nitrogen and oxygen atoms in total. The zero-order chi connectivity index (χ0) is 36.1. The summed E-state index contributed by atoms with van der Waals surface area (Å²) in [4.78, 5) is 41.0. The Morgan fingerprint density at radius 3 is 1.75 bits per heavy atom. The molecule has 4 aromatic rings. The zero-order valence-electron chi connectivity index (χ0n) is 26.8. The van der Waals surface area contributed by atoms with Crippen LogP contribution < -0.4 is 10.6 Å². The smallest absolute Gasteiger partial charge is 0.345 e. The molecule has 10 atom stereocenters. The Labute approximate surface area is 296 Å². The van der Waals surface area contributed by atoms with E-state index in [1.54, 1.807) is 0 Å². The van der Waals surface area contributed by atoms with E-state index in [4.69, 9.17) is 27.6 Å². The van der Waals surface area contributed by atoms with Gasteiger partial charge < -0.3 is 29.2 Å². The van der Waals surface area contributed by atoms with E-state index in [-0.39, 0.29) is 60.4 Å². The van der Waals surface area contributed by atoms with E-state index >= 15 is 8.78 Å². The Morgan fingerprint density at radius 2 is 1.23 bits per heavy atom. The molecule has 52 heavy (non-hydrogen) atoms. The number of thiol groups is 1. The number of rotatable bonds is 2. The summed E-state index contributed by atoms with van der Waals surface area (Å²) in [6.07, 6.45) is -10.2. The van der Waals surface area contributed by atoms with Gasteiger partial charge in [-0.1, -0.05) is 12.2 Å². The predicted molar refractivity (Wildman–Crippen MR) is 177 cm³/mol. The van der Waals surface area contributed by atoms with Gasteiger partial charge in [0.2, 0.25) is 11.8 Å². The quantitative estimate of drug-likeness (QED) is 0.148. The molecule has 5 aliphatic heterocycles. The van der Waals surface area contributed by atoms with Crippen molar-refractivity contribution in [2.45, 2.75) is 74.9 Å². The number of anilines is 2. The van der Waals surface area contributed by atoms with E-state index in [0.29, 0.717) is 22.2 Å². The van der Waals surface area contributed by atoms with Crippen LogP contribution >= 0.6 is 26.5 Å². The summed E-state index contributed by atoms with van der Waals surface area (Å²) in [5.74, 6) is -0.134. The van der Waals surface area contributed by atoms with Crippen LogP contribution in [0.5, 0.6) is 0 Å². The van der Waals surface area contributed by atoms with Gasteiger partial charge in [-0.25, -0.2) is 42.6 Å². The number of alkyl halides is 2. The fraction of sp³-hybridized carbons (Fsp3) is 0.538. The number of ether oxygens (including phenoxy) is 2. The number of carbonyl (C=O) groups is 2. The number of hydrogen-bond acceptors (Lipinski definition) is 16. The second-order valence-electron chi connectivity index (χ2n) is 12.7. The molecule has 0 spiro atoms. The van der Waals surface area contributed by atoms with Crippen molar-refractivity contribution in [3.05, 3.63) is 24.0 Å². The molecule has 3 saturated heterocycles. The topological polar surface area (TPSA) is 235 Å². The molecule has 3 fully saturated rings. The Kier molecular flexibility index (Phi) is 8.29. The third-order valence-electron chi connectivity index (χ3n) is 9.28. The van der Waals surface area contributed by atoms with Crippen LogP contribution in [0.3, 0.4) is 0 Å². The number of nitrogens with zero attached hydrogens (tertiary/aromatic N) is 8. The Bertz CT molecular complexity index is 2100. The number of hydrogen-bond donors (Lipinski definition) is 3. The lowest BCUT2D eigenvalue weighted by Gasteiger charge is -2.28. The monoisotopic (exact) mass is 782 g/mol. The van der Waals surface area contributed by atoms with Crippen molar-refractivity contribution >= 4 is 79.6 Å². The second kappa shape index (κ2) is 12.6. The first-order valence-corrected chi connectivity index (χ1v) is 20.7. The lowest BCUT2D eigenvalue weighted by molar-refractivity contribution is -0.117. The van der Waals surface area contributed by atoms with Crippen molar-refractivity contribution in [1.82, 2.24) is 39.5 Å². The molecular weight excluding hydrogens is 755 g/mol. The molecule has 2 amide bonds. The normalized spacial score (nSPS) is 36.6. The Hall–Kier alpha value is -3.47. The van der Waals surface area contributed by atoms with Crippen LogP contribution in [0.25, 0.3) is 22.1 Å². The van der Waals surface area contributed by atoms with E-state index in [1.807, 2.05) is 0 Å². The van der Waals surface area contributed by atoms with Crippen LogP contribution in [-0.2, 0) is 59.1 Å². The summed E-state index contributed by atoms with van der Waals surface area (Å²) in [6.45, 7) is -5.75. The van der Waals surface area contributed by atoms with Gasteiger partial charge in [0.05, 0.1) is 35.4 Å².